The number of Topliss-reactive ketones (excluding diaryl/α,β-unsaturated/α-hetero) is 3. The summed E-state index contributed by atoms with van der Waals surface area (Å²) in [6.45, 7) is 18.7. The molecule has 0 aliphatic heterocycles. The fraction of sp³-hybridized carbons (Fsp3) is 0.639. The van der Waals surface area contributed by atoms with E-state index in [9.17, 15) is 29.7 Å². The highest BCUT2D eigenvalue weighted by Gasteiger charge is 2.46. The topological polar surface area (TPSA) is 130 Å². The van der Waals surface area contributed by atoms with Gasteiger partial charge in [-0.25, -0.2) is 0 Å². The number of methoxy groups -OCH3 is 2. The standard InChI is InChI=1S/C36H52O8/c1-17(2)24(26-20(37)13-35(7,8)14-21(26)38)28-32(42)29(34(44-12)30(33(28)43-11)31(41)19(5)6)25(18(3)4)27-22(39)15-36(9,10)16-23(27)40/h17-19,24-25,37,39,42H,13-16H2,1-12H3. The Morgan fingerprint density at radius 2 is 1.00 bits per heavy atom. The van der Waals surface area contributed by atoms with Crippen LogP contribution in [0.3, 0.4) is 0 Å². The Hall–Kier alpha value is -3.29. The Balaban J connectivity index is 2.60. The van der Waals surface area contributed by atoms with Crippen LogP contribution in [0.1, 0.15) is 128 Å². The molecular weight excluding hydrogens is 560 g/mol. The molecule has 2 aliphatic carbocycles. The third kappa shape index (κ3) is 6.40. The van der Waals surface area contributed by atoms with E-state index >= 15 is 0 Å². The average Bonchev–Trinajstić information content (AvgIpc) is 2.86. The normalized spacial score (nSPS) is 20.1. The van der Waals surface area contributed by atoms with Crippen LogP contribution >= 0.6 is 0 Å². The fourth-order valence-electron chi connectivity index (χ4n) is 7.18. The minimum Gasteiger partial charge on any atom is -0.512 e. The summed E-state index contributed by atoms with van der Waals surface area (Å²) in [6, 6.07) is 0. The molecule has 0 amide bonds. The molecule has 244 valence electrons. The maximum absolute atomic E-state index is 14.0. The first-order valence-corrected chi connectivity index (χ1v) is 15.7. The van der Waals surface area contributed by atoms with E-state index in [-0.39, 0.29) is 111 Å². The van der Waals surface area contributed by atoms with Gasteiger partial charge in [0.2, 0.25) is 0 Å². The number of rotatable bonds is 10. The van der Waals surface area contributed by atoms with Crippen LogP contribution in [0.4, 0.5) is 0 Å². The predicted molar refractivity (Wildman–Crippen MR) is 171 cm³/mol. The summed E-state index contributed by atoms with van der Waals surface area (Å²) in [5.74, 6) is -3.85. The Morgan fingerprint density at radius 3 is 1.25 bits per heavy atom. The van der Waals surface area contributed by atoms with E-state index in [0.717, 1.165) is 0 Å². The van der Waals surface area contributed by atoms with Crippen molar-refractivity contribution >= 4 is 17.3 Å². The number of aliphatic hydroxyl groups is 2. The molecule has 0 fully saturated rings. The summed E-state index contributed by atoms with van der Waals surface area (Å²) < 4.78 is 11.8. The van der Waals surface area contributed by atoms with Crippen LogP contribution < -0.4 is 9.47 Å². The summed E-state index contributed by atoms with van der Waals surface area (Å²) in [7, 11) is 2.79. The van der Waals surface area contributed by atoms with E-state index in [0.29, 0.717) is 0 Å². The lowest BCUT2D eigenvalue weighted by molar-refractivity contribution is -0.119. The number of benzene rings is 1. The molecule has 8 nitrogen and oxygen atoms in total. The van der Waals surface area contributed by atoms with Gasteiger partial charge in [-0.3, -0.25) is 14.4 Å². The van der Waals surface area contributed by atoms with Gasteiger partial charge < -0.3 is 24.8 Å². The number of allylic oxidation sites excluding steroid dienone is 4. The zero-order chi connectivity index (χ0) is 33.6. The molecule has 0 aromatic heterocycles. The molecular formula is C36H52O8. The molecule has 0 heterocycles. The lowest BCUT2D eigenvalue weighted by Gasteiger charge is -2.37. The van der Waals surface area contributed by atoms with E-state index in [1.807, 2.05) is 55.4 Å². The minimum absolute atomic E-state index is 0.0500. The molecule has 3 N–H and O–H groups in total. The smallest absolute Gasteiger partial charge is 0.172 e. The van der Waals surface area contributed by atoms with Crippen LogP contribution in [0.15, 0.2) is 22.7 Å². The molecule has 44 heavy (non-hydrogen) atoms. The number of ether oxygens (including phenoxy) is 2. The number of aliphatic hydroxyl groups excluding tert-OH is 2. The summed E-state index contributed by atoms with van der Waals surface area (Å²) in [5.41, 5.74) is -0.0428. The second-order valence-electron chi connectivity index (χ2n) is 15.2. The van der Waals surface area contributed by atoms with Gasteiger partial charge in [0, 0.05) is 65.7 Å². The van der Waals surface area contributed by atoms with Gasteiger partial charge in [-0.05, 0) is 22.7 Å². The fourth-order valence-corrected chi connectivity index (χ4v) is 7.18. The maximum atomic E-state index is 14.0. The predicted octanol–water partition coefficient (Wildman–Crippen LogP) is 8.13. The van der Waals surface area contributed by atoms with Crippen molar-refractivity contribution in [3.05, 3.63) is 39.4 Å². The van der Waals surface area contributed by atoms with Gasteiger partial charge in [0.25, 0.3) is 0 Å². The Bertz CT molecular complexity index is 1310. The number of hydrogen-bond donors (Lipinski definition) is 3. The van der Waals surface area contributed by atoms with Crippen LogP contribution in [0.25, 0.3) is 0 Å². The number of aromatic hydroxyl groups is 1. The van der Waals surface area contributed by atoms with Gasteiger partial charge >= 0.3 is 0 Å². The molecule has 0 saturated heterocycles. The first kappa shape index (κ1) is 35.2. The van der Waals surface area contributed by atoms with E-state index in [1.165, 1.54) is 14.2 Å². The largest absolute Gasteiger partial charge is 0.512 e. The van der Waals surface area contributed by atoms with Gasteiger partial charge in [-0.1, -0.05) is 69.2 Å². The van der Waals surface area contributed by atoms with E-state index in [2.05, 4.69) is 0 Å². The van der Waals surface area contributed by atoms with Crippen LogP contribution in [-0.2, 0) is 9.59 Å². The van der Waals surface area contributed by atoms with Gasteiger partial charge in [0.05, 0.1) is 14.2 Å². The molecule has 0 spiro atoms. The van der Waals surface area contributed by atoms with Crippen molar-refractivity contribution in [2.75, 3.05) is 14.2 Å². The van der Waals surface area contributed by atoms with E-state index in [4.69, 9.17) is 9.47 Å². The van der Waals surface area contributed by atoms with Crippen molar-refractivity contribution in [2.45, 2.75) is 107 Å². The third-order valence-corrected chi connectivity index (χ3v) is 9.00. The molecule has 0 bridgehead atoms. The summed E-state index contributed by atoms with van der Waals surface area (Å²) in [6.07, 6.45) is 0.972. The first-order chi connectivity index (χ1) is 20.2. The first-order valence-electron chi connectivity index (χ1n) is 15.7. The summed E-state index contributed by atoms with van der Waals surface area (Å²) >= 11 is 0. The number of ketones is 3. The Labute approximate surface area is 262 Å². The van der Waals surface area contributed by atoms with E-state index in [1.54, 1.807) is 13.8 Å². The van der Waals surface area contributed by atoms with Crippen molar-refractivity contribution in [1.29, 1.82) is 0 Å². The zero-order valence-electron chi connectivity index (χ0n) is 28.6. The van der Waals surface area contributed by atoms with Gasteiger partial charge in [0.15, 0.2) is 17.3 Å². The highest BCUT2D eigenvalue weighted by atomic mass is 16.5. The third-order valence-electron chi connectivity index (χ3n) is 9.00. The highest BCUT2D eigenvalue weighted by molar-refractivity contribution is 6.06. The van der Waals surface area contributed by atoms with Crippen molar-refractivity contribution in [2.24, 2.45) is 28.6 Å². The number of phenolic OH excluding ortho intramolecular Hbond substituents is 1. The van der Waals surface area contributed by atoms with Gasteiger partial charge in [-0.15, -0.1) is 0 Å². The quantitative estimate of drug-likeness (QED) is 0.226. The Morgan fingerprint density at radius 1 is 0.659 bits per heavy atom. The van der Waals surface area contributed by atoms with Crippen molar-refractivity contribution in [3.63, 3.8) is 0 Å². The van der Waals surface area contributed by atoms with Crippen LogP contribution in [-0.4, -0.2) is 46.9 Å². The van der Waals surface area contributed by atoms with Crippen molar-refractivity contribution < 1.29 is 39.2 Å². The van der Waals surface area contributed by atoms with Crippen molar-refractivity contribution in [1.82, 2.24) is 0 Å². The number of phenols is 1. The minimum atomic E-state index is -0.840. The summed E-state index contributed by atoms with van der Waals surface area (Å²) in [5, 5.41) is 35.1. The molecule has 8 heteroatoms. The van der Waals surface area contributed by atoms with Crippen LogP contribution in [0.5, 0.6) is 17.2 Å². The summed E-state index contributed by atoms with van der Waals surface area (Å²) in [4.78, 5) is 41.4. The Kier molecular flexibility index (Phi) is 10.1. The molecule has 0 radical (unpaired) electrons. The van der Waals surface area contributed by atoms with Gasteiger partial charge in [-0.2, -0.15) is 0 Å². The number of carbonyl (C=O) groups is 3. The van der Waals surface area contributed by atoms with Crippen LogP contribution in [0.2, 0.25) is 0 Å². The highest BCUT2D eigenvalue weighted by Crippen LogP contribution is 2.57. The molecule has 3 rings (SSSR count). The van der Waals surface area contributed by atoms with Crippen LogP contribution in [0, 0.1) is 28.6 Å². The average molecular weight is 613 g/mol. The lowest BCUT2D eigenvalue weighted by Crippen LogP contribution is -2.31. The second kappa shape index (κ2) is 12.6. The number of carbonyl (C=O) groups excluding carboxylic acids is 3. The zero-order valence-corrected chi connectivity index (χ0v) is 28.6. The molecule has 2 unspecified atom stereocenters. The molecule has 2 atom stereocenters. The second-order valence-corrected chi connectivity index (χ2v) is 15.2. The monoisotopic (exact) mass is 612 g/mol. The van der Waals surface area contributed by atoms with E-state index < -0.39 is 28.6 Å². The molecule has 1 aromatic rings. The van der Waals surface area contributed by atoms with Crippen molar-refractivity contribution in [3.8, 4) is 17.2 Å². The number of hydrogen-bond acceptors (Lipinski definition) is 8. The molecule has 2 aliphatic rings. The molecule has 0 saturated carbocycles. The lowest BCUT2D eigenvalue weighted by atomic mass is 9.67. The molecule has 1 aromatic carbocycles. The van der Waals surface area contributed by atoms with Gasteiger partial charge in [0.1, 0.15) is 34.3 Å². The SMILES string of the molecule is COc1c(C(=O)C(C)C)c(OC)c(C(C2=C(O)CC(C)(C)CC2=O)C(C)C)c(O)c1C(C1=C(O)CC(C)(C)CC1=O)C(C)C. The maximum Gasteiger partial charge on any atom is 0.172 e.